The van der Waals surface area contributed by atoms with E-state index >= 15 is 0 Å². The van der Waals surface area contributed by atoms with E-state index in [1.54, 1.807) is 52.4 Å². The van der Waals surface area contributed by atoms with Crippen LogP contribution in [0.1, 0.15) is 18.0 Å². The average molecular weight is 492 g/mol. The Kier molecular flexibility index (Phi) is 5.24. The molecule has 0 saturated carbocycles. The Morgan fingerprint density at radius 2 is 1.69 bits per heavy atom. The van der Waals surface area contributed by atoms with Crippen LogP contribution in [0.25, 0.3) is 0 Å². The summed E-state index contributed by atoms with van der Waals surface area (Å²) in [6, 6.07) is 14.7. The lowest BCUT2D eigenvalue weighted by molar-refractivity contribution is 0.186. The van der Waals surface area contributed by atoms with E-state index in [0.717, 1.165) is 23.5 Å². The van der Waals surface area contributed by atoms with E-state index in [1.165, 1.54) is 16.4 Å². The van der Waals surface area contributed by atoms with Crippen molar-refractivity contribution < 1.29 is 16.8 Å². The molecule has 5 rings (SSSR count). The van der Waals surface area contributed by atoms with Crippen molar-refractivity contribution in [2.75, 3.05) is 17.8 Å². The van der Waals surface area contributed by atoms with Crippen LogP contribution in [0.15, 0.2) is 73.9 Å². The summed E-state index contributed by atoms with van der Waals surface area (Å²) in [7, 11) is -7.45. The zero-order valence-corrected chi connectivity index (χ0v) is 19.4. The summed E-state index contributed by atoms with van der Waals surface area (Å²) in [5.41, 5.74) is 0.325. The molecule has 2 aliphatic heterocycles. The molecule has 0 aliphatic carbocycles. The largest absolute Gasteiger partial charge is 0.310 e. The van der Waals surface area contributed by atoms with Gasteiger partial charge in [-0.05, 0) is 48.1 Å². The number of nitrogens with zero attached hydrogens (tertiary/aromatic N) is 2. The second-order valence-electron chi connectivity index (χ2n) is 8.06. The molecule has 2 unspecified atom stereocenters. The quantitative estimate of drug-likeness (QED) is 0.590. The molecular formula is C21H21N3O5S3. The number of anilines is 1. The van der Waals surface area contributed by atoms with E-state index in [1.807, 2.05) is 0 Å². The molecule has 4 heterocycles. The molecule has 0 amide bonds. The second kappa shape index (κ2) is 7.84. The number of hydrogen-bond donors (Lipinski definition) is 1. The van der Waals surface area contributed by atoms with Gasteiger partial charge in [-0.2, -0.15) is 4.31 Å². The van der Waals surface area contributed by atoms with Gasteiger partial charge in [0, 0.05) is 31.2 Å². The van der Waals surface area contributed by atoms with Crippen LogP contribution in [0.4, 0.5) is 5.69 Å². The van der Waals surface area contributed by atoms with E-state index in [4.69, 9.17) is 0 Å². The van der Waals surface area contributed by atoms with Gasteiger partial charge in [0.25, 0.3) is 15.6 Å². The molecule has 0 spiro atoms. The predicted octanol–water partition coefficient (Wildman–Crippen LogP) is 2.52. The monoisotopic (exact) mass is 491 g/mol. The van der Waals surface area contributed by atoms with Crippen molar-refractivity contribution >= 4 is 37.1 Å². The van der Waals surface area contributed by atoms with Crippen LogP contribution in [0.3, 0.4) is 0 Å². The van der Waals surface area contributed by atoms with Gasteiger partial charge in [0.15, 0.2) is 0 Å². The van der Waals surface area contributed by atoms with Gasteiger partial charge >= 0.3 is 0 Å². The average Bonchev–Trinajstić information content (AvgIpc) is 3.33. The lowest BCUT2D eigenvalue weighted by atomic mass is 9.84. The van der Waals surface area contributed by atoms with Crippen LogP contribution in [-0.2, 0) is 26.6 Å². The summed E-state index contributed by atoms with van der Waals surface area (Å²) >= 11 is 1.08. The first-order valence-corrected chi connectivity index (χ1v) is 13.9. The molecule has 3 aromatic rings. The van der Waals surface area contributed by atoms with Gasteiger partial charge in [0.2, 0.25) is 10.0 Å². The van der Waals surface area contributed by atoms with Gasteiger partial charge in [-0.15, -0.1) is 11.3 Å². The highest BCUT2D eigenvalue weighted by Crippen LogP contribution is 2.37. The number of pyridine rings is 1. The van der Waals surface area contributed by atoms with Crippen molar-refractivity contribution in [2.24, 2.45) is 5.92 Å². The van der Waals surface area contributed by atoms with Gasteiger partial charge in [-0.25, -0.2) is 16.8 Å². The molecular weight excluding hydrogens is 470 g/mol. The van der Waals surface area contributed by atoms with Crippen molar-refractivity contribution in [3.05, 3.63) is 76.0 Å². The Hall–Kier alpha value is -2.47. The van der Waals surface area contributed by atoms with Gasteiger partial charge in [0.1, 0.15) is 9.90 Å². The summed E-state index contributed by atoms with van der Waals surface area (Å²) < 4.78 is 56.9. The van der Waals surface area contributed by atoms with Crippen molar-refractivity contribution in [1.82, 2.24) is 8.87 Å². The maximum atomic E-state index is 13.1. The zero-order chi connectivity index (χ0) is 22.5. The summed E-state index contributed by atoms with van der Waals surface area (Å²) in [4.78, 5) is 13.4. The minimum atomic E-state index is -3.83. The van der Waals surface area contributed by atoms with Gasteiger partial charge in [-0.1, -0.05) is 24.3 Å². The highest BCUT2D eigenvalue weighted by atomic mass is 32.2. The SMILES string of the molecule is O=c1c(NS(=O)(=O)c2cccs2)ccc2n1CC1CC2CN(S(=O)(=O)c2ccccc2)C1. The van der Waals surface area contributed by atoms with Gasteiger partial charge < -0.3 is 4.57 Å². The lowest BCUT2D eigenvalue weighted by Gasteiger charge is -2.42. The predicted molar refractivity (Wildman–Crippen MR) is 122 cm³/mol. The molecule has 168 valence electrons. The molecule has 1 saturated heterocycles. The molecule has 8 nitrogen and oxygen atoms in total. The Bertz CT molecular complexity index is 1420. The number of rotatable bonds is 5. The first-order chi connectivity index (χ1) is 15.3. The fourth-order valence-corrected chi connectivity index (χ4v) is 8.16. The maximum Gasteiger partial charge on any atom is 0.275 e. The highest BCUT2D eigenvalue weighted by Gasteiger charge is 2.39. The van der Waals surface area contributed by atoms with E-state index in [-0.39, 0.29) is 33.2 Å². The van der Waals surface area contributed by atoms with E-state index in [2.05, 4.69) is 4.72 Å². The molecule has 2 bridgehead atoms. The number of sulfonamides is 2. The molecule has 1 N–H and O–H groups in total. The van der Waals surface area contributed by atoms with E-state index in [0.29, 0.717) is 13.1 Å². The van der Waals surface area contributed by atoms with Crippen molar-refractivity contribution in [3.63, 3.8) is 0 Å². The number of piperidine rings is 1. The first-order valence-electron chi connectivity index (χ1n) is 10.1. The smallest absolute Gasteiger partial charge is 0.275 e. The molecule has 0 radical (unpaired) electrons. The zero-order valence-electron chi connectivity index (χ0n) is 16.9. The summed E-state index contributed by atoms with van der Waals surface area (Å²) in [5, 5.41) is 1.66. The Balaban J connectivity index is 1.45. The minimum Gasteiger partial charge on any atom is -0.310 e. The Labute approximate surface area is 190 Å². The number of hydrogen-bond acceptors (Lipinski definition) is 6. The van der Waals surface area contributed by atoms with Crippen molar-refractivity contribution in [2.45, 2.75) is 28.0 Å². The van der Waals surface area contributed by atoms with E-state index in [9.17, 15) is 21.6 Å². The van der Waals surface area contributed by atoms with Crippen LogP contribution >= 0.6 is 11.3 Å². The third-order valence-corrected chi connectivity index (χ3v) is 10.6. The molecule has 2 aromatic heterocycles. The van der Waals surface area contributed by atoms with E-state index < -0.39 is 25.6 Å². The lowest BCUT2D eigenvalue weighted by Crippen LogP contribution is -2.49. The van der Waals surface area contributed by atoms with Gasteiger partial charge in [-0.3, -0.25) is 9.52 Å². The summed E-state index contributed by atoms with van der Waals surface area (Å²) in [6.45, 7) is 0.957. The third-order valence-electron chi connectivity index (χ3n) is 5.96. The molecule has 11 heteroatoms. The standard InChI is InChI=1S/C21H21N3O5S3/c25-21-18(22-31(26,27)20-7-4-10-30-20)8-9-19-16-11-15(13-24(19)21)12-23(14-16)32(28,29)17-5-2-1-3-6-17/h1-10,15-16,22H,11-14H2. The topological polar surface area (TPSA) is 106 Å². The maximum absolute atomic E-state index is 13.1. The van der Waals surface area contributed by atoms with Crippen LogP contribution in [0.5, 0.6) is 0 Å². The number of aromatic nitrogens is 1. The Morgan fingerprint density at radius 3 is 2.41 bits per heavy atom. The summed E-state index contributed by atoms with van der Waals surface area (Å²) in [5.74, 6) is -0.154. The fraction of sp³-hybridized carbons (Fsp3) is 0.286. The van der Waals surface area contributed by atoms with Crippen molar-refractivity contribution in [3.8, 4) is 0 Å². The number of fused-ring (bicyclic) bond motifs is 4. The van der Waals surface area contributed by atoms with Crippen LogP contribution in [0.2, 0.25) is 0 Å². The highest BCUT2D eigenvalue weighted by molar-refractivity contribution is 7.94. The molecule has 2 atom stereocenters. The molecule has 32 heavy (non-hydrogen) atoms. The van der Waals surface area contributed by atoms with Crippen LogP contribution < -0.4 is 10.3 Å². The fourth-order valence-electron chi connectivity index (χ4n) is 4.53. The minimum absolute atomic E-state index is 0.00381. The number of thiophene rings is 1. The summed E-state index contributed by atoms with van der Waals surface area (Å²) in [6.07, 6.45) is 0.792. The third kappa shape index (κ3) is 3.68. The normalized spacial score (nSPS) is 21.1. The van der Waals surface area contributed by atoms with Crippen LogP contribution in [-0.4, -0.2) is 38.8 Å². The number of benzene rings is 1. The molecule has 1 aromatic carbocycles. The van der Waals surface area contributed by atoms with Crippen LogP contribution in [0, 0.1) is 5.92 Å². The second-order valence-corrected chi connectivity index (χ2v) is 12.9. The van der Waals surface area contributed by atoms with Gasteiger partial charge in [0.05, 0.1) is 4.90 Å². The Morgan fingerprint density at radius 1 is 0.906 bits per heavy atom. The first kappa shape index (κ1) is 21.4. The molecule has 2 aliphatic rings. The van der Waals surface area contributed by atoms with Crippen molar-refractivity contribution in [1.29, 1.82) is 0 Å². The molecule has 1 fully saturated rings. The number of nitrogens with one attached hydrogen (secondary N) is 1.